The molecule has 0 aromatic heterocycles. The van der Waals surface area contributed by atoms with E-state index in [2.05, 4.69) is 120 Å². The van der Waals surface area contributed by atoms with Crippen molar-refractivity contribution >= 4 is 43.2 Å². The summed E-state index contributed by atoms with van der Waals surface area (Å²) in [5, 5.41) is 4.11. The van der Waals surface area contributed by atoms with E-state index in [1.807, 2.05) is 0 Å². The fourth-order valence-electron chi connectivity index (χ4n) is 4.15. The van der Waals surface area contributed by atoms with Gasteiger partial charge in [0.1, 0.15) is 0 Å². The van der Waals surface area contributed by atoms with Crippen LogP contribution in [-0.4, -0.2) is 25.9 Å². The first-order valence-electron chi connectivity index (χ1n) is 10.3. The normalized spacial score (nSPS) is 18.6. The molecule has 0 radical (unpaired) electrons. The summed E-state index contributed by atoms with van der Waals surface area (Å²) >= 11 is 0. The van der Waals surface area contributed by atoms with Crippen LogP contribution in [0.25, 0.3) is 0 Å². The molecule has 0 amide bonds. The molecule has 3 aromatic carbocycles. The molecule has 2 nitrogen and oxygen atoms in total. The predicted molar refractivity (Wildman–Crippen MR) is 131 cm³/mol. The molecule has 148 valence electrons. The van der Waals surface area contributed by atoms with Crippen LogP contribution in [0.4, 0.5) is 0 Å². The second-order valence-corrected chi connectivity index (χ2v) is 13.0. The zero-order valence-corrected chi connectivity index (χ0v) is 19.0. The Kier molecular flexibility index (Phi) is 5.23. The fraction of sp³-hybridized carbons (Fsp3) is 0.250. The van der Waals surface area contributed by atoms with Crippen molar-refractivity contribution in [2.75, 3.05) is 0 Å². The van der Waals surface area contributed by atoms with Crippen LogP contribution in [0.2, 0.25) is 0 Å². The fourth-order valence-corrected chi connectivity index (χ4v) is 8.03. The first-order valence-corrected chi connectivity index (χ1v) is 12.8. The Hall–Kier alpha value is -1.86. The summed E-state index contributed by atoms with van der Waals surface area (Å²) in [7, 11) is -0.176. The third kappa shape index (κ3) is 3.48. The van der Waals surface area contributed by atoms with Crippen molar-refractivity contribution in [1.29, 1.82) is 0 Å². The van der Waals surface area contributed by atoms with Crippen molar-refractivity contribution in [1.82, 2.24) is 0 Å². The molecule has 4 rings (SSSR count). The Bertz CT molecular complexity index is 935. The van der Waals surface area contributed by atoms with E-state index in [0.29, 0.717) is 0 Å². The average Bonchev–Trinajstić information content (AvgIpc) is 2.96. The van der Waals surface area contributed by atoms with Crippen LogP contribution in [0, 0.1) is 0 Å². The molecule has 1 aliphatic heterocycles. The van der Waals surface area contributed by atoms with Crippen LogP contribution in [0.1, 0.15) is 27.7 Å². The number of benzene rings is 3. The standard InChI is InChI=1S/C24H29B2O2P/c1-23(2)24(3,4)28-26(27-23)21-17-11-12-18-22(21)29(25,19-13-7-5-8-14-19)20-15-9-6-10-16-20/h5-18,29H,25H2,1-4H3. The Morgan fingerprint density at radius 3 is 1.55 bits per heavy atom. The van der Waals surface area contributed by atoms with Crippen LogP contribution in [0.15, 0.2) is 84.9 Å². The summed E-state index contributed by atoms with van der Waals surface area (Å²) in [6.45, 7) is 8.45. The van der Waals surface area contributed by atoms with Crippen LogP contribution >= 0.6 is 7.14 Å². The number of rotatable bonds is 4. The second-order valence-electron chi connectivity index (χ2n) is 9.03. The van der Waals surface area contributed by atoms with Crippen molar-refractivity contribution in [2.45, 2.75) is 38.9 Å². The van der Waals surface area contributed by atoms with Gasteiger partial charge in [0.05, 0.1) is 0 Å². The van der Waals surface area contributed by atoms with Gasteiger partial charge in [-0.3, -0.25) is 0 Å². The van der Waals surface area contributed by atoms with Crippen molar-refractivity contribution in [2.24, 2.45) is 0 Å². The molecule has 0 N–H and O–H groups in total. The van der Waals surface area contributed by atoms with Gasteiger partial charge in [-0.15, -0.1) is 0 Å². The monoisotopic (exact) mass is 402 g/mol. The molecule has 29 heavy (non-hydrogen) atoms. The van der Waals surface area contributed by atoms with Gasteiger partial charge in [0.2, 0.25) is 0 Å². The van der Waals surface area contributed by atoms with Gasteiger partial charge in [-0.1, -0.05) is 0 Å². The predicted octanol–water partition coefficient (Wildman–Crippen LogP) is 2.56. The van der Waals surface area contributed by atoms with Crippen molar-refractivity contribution in [3.63, 3.8) is 0 Å². The Morgan fingerprint density at radius 2 is 1.07 bits per heavy atom. The van der Waals surface area contributed by atoms with E-state index in [1.165, 1.54) is 15.9 Å². The molecule has 0 saturated carbocycles. The van der Waals surface area contributed by atoms with Crippen LogP contribution in [0.3, 0.4) is 0 Å². The van der Waals surface area contributed by atoms with Gasteiger partial charge >= 0.3 is 176 Å². The summed E-state index contributed by atoms with van der Waals surface area (Å²) < 4.78 is 12.9. The first-order chi connectivity index (χ1) is 13.8. The molecule has 0 aliphatic carbocycles. The molecule has 1 aliphatic rings. The van der Waals surface area contributed by atoms with Gasteiger partial charge in [-0.25, -0.2) is 0 Å². The summed E-state index contributed by atoms with van der Waals surface area (Å²) in [5.41, 5.74) is 0.429. The molecular formula is C24H29B2O2P. The average molecular weight is 402 g/mol. The van der Waals surface area contributed by atoms with Gasteiger partial charge in [0, 0.05) is 0 Å². The summed E-state index contributed by atoms with van der Waals surface area (Å²) in [5.74, 6) is 0. The zero-order chi connectivity index (χ0) is 20.7. The Morgan fingerprint density at radius 1 is 0.655 bits per heavy atom. The second kappa shape index (κ2) is 7.43. The Balaban J connectivity index is 1.91. The Labute approximate surface area is 176 Å². The van der Waals surface area contributed by atoms with E-state index in [1.54, 1.807) is 0 Å². The zero-order valence-electron chi connectivity index (χ0n) is 18.0. The minimum absolute atomic E-state index is 0.359. The summed E-state index contributed by atoms with van der Waals surface area (Å²) in [6, 6.07) is 30.5. The van der Waals surface area contributed by atoms with Crippen molar-refractivity contribution in [3.05, 3.63) is 84.9 Å². The van der Waals surface area contributed by atoms with Crippen LogP contribution in [-0.2, 0) is 9.31 Å². The molecule has 0 unspecified atom stereocenters. The summed E-state index contributed by atoms with van der Waals surface area (Å²) in [6.07, 6.45) is 0. The van der Waals surface area contributed by atoms with Crippen LogP contribution in [0.5, 0.6) is 0 Å². The van der Waals surface area contributed by atoms with Gasteiger partial charge in [0.25, 0.3) is 0 Å². The van der Waals surface area contributed by atoms with E-state index in [-0.39, 0.29) is 18.3 Å². The number of hydrogen-bond acceptors (Lipinski definition) is 2. The third-order valence-electron chi connectivity index (χ3n) is 6.71. The molecule has 5 heteroatoms. The van der Waals surface area contributed by atoms with Crippen molar-refractivity contribution in [3.8, 4) is 0 Å². The maximum atomic E-state index is 6.46. The van der Waals surface area contributed by atoms with Gasteiger partial charge in [-0.2, -0.15) is 0 Å². The van der Waals surface area contributed by atoms with Crippen LogP contribution < -0.4 is 21.4 Å². The topological polar surface area (TPSA) is 18.5 Å². The van der Waals surface area contributed by atoms with E-state index >= 15 is 0 Å². The quantitative estimate of drug-likeness (QED) is 0.494. The molecule has 3 aromatic rings. The first kappa shape index (κ1) is 20.4. The molecule has 1 saturated heterocycles. The third-order valence-corrected chi connectivity index (χ3v) is 11.2. The minimum atomic E-state index is -2.24. The van der Waals surface area contributed by atoms with E-state index in [9.17, 15) is 0 Å². The van der Waals surface area contributed by atoms with Gasteiger partial charge in [-0.05, 0) is 0 Å². The molecule has 0 bridgehead atoms. The van der Waals surface area contributed by atoms with E-state index < -0.39 is 7.14 Å². The molecule has 0 atom stereocenters. The molecular weight excluding hydrogens is 373 g/mol. The van der Waals surface area contributed by atoms with E-state index in [4.69, 9.17) is 9.31 Å². The van der Waals surface area contributed by atoms with E-state index in [0.717, 1.165) is 5.46 Å². The van der Waals surface area contributed by atoms with Gasteiger partial charge < -0.3 is 0 Å². The maximum absolute atomic E-state index is 6.46. The SMILES string of the molecule is B[PH](c1ccccc1)(c1ccccc1)c1ccccc1B1OC(C)(C)C(C)(C)O1. The molecule has 1 heterocycles. The number of hydrogen-bond donors (Lipinski definition) is 0. The van der Waals surface area contributed by atoms with Gasteiger partial charge in [0.15, 0.2) is 0 Å². The summed E-state index contributed by atoms with van der Waals surface area (Å²) in [4.78, 5) is 0. The molecule has 1 fully saturated rings. The van der Waals surface area contributed by atoms with Crippen molar-refractivity contribution < 1.29 is 9.31 Å². The molecule has 0 spiro atoms.